The van der Waals surface area contributed by atoms with Crippen LogP contribution in [0.3, 0.4) is 0 Å². The second kappa shape index (κ2) is 6.64. The lowest BCUT2D eigenvalue weighted by Gasteiger charge is -2.36. The Morgan fingerprint density at radius 3 is 2.32 bits per heavy atom. The number of benzene rings is 2. The van der Waals surface area contributed by atoms with Gasteiger partial charge in [0, 0.05) is 19.0 Å². The van der Waals surface area contributed by atoms with Gasteiger partial charge in [0.05, 0.1) is 6.10 Å². The topological polar surface area (TPSA) is 71.2 Å². The van der Waals surface area contributed by atoms with Gasteiger partial charge in [-0.15, -0.1) is 0 Å². The predicted molar refractivity (Wildman–Crippen MR) is 93.9 cm³/mol. The minimum Gasteiger partial charge on any atom is -0.391 e. The van der Waals surface area contributed by atoms with Crippen LogP contribution >= 0.6 is 0 Å². The second-order valence-corrected chi connectivity index (χ2v) is 6.43. The molecule has 1 saturated heterocycles. The fourth-order valence-electron chi connectivity index (χ4n) is 3.44. The van der Waals surface area contributed by atoms with Crippen LogP contribution in [0.5, 0.6) is 0 Å². The Bertz CT molecular complexity index is 844. The molecule has 2 atom stereocenters. The van der Waals surface area contributed by atoms with E-state index in [9.17, 15) is 9.90 Å². The number of nitrogens with zero attached hydrogens (tertiary/aromatic N) is 4. The third kappa shape index (κ3) is 3.25. The van der Waals surface area contributed by atoms with Gasteiger partial charge in [0.25, 0.3) is 0 Å². The number of β-amino-alcohol motifs (C(OH)–C–C–N with tert-alkyl or cyclic N) is 1. The zero-order valence-electron chi connectivity index (χ0n) is 13.8. The molecule has 2 aromatic carbocycles. The number of amides is 1. The van der Waals surface area contributed by atoms with Crippen molar-refractivity contribution in [2.24, 2.45) is 0 Å². The van der Waals surface area contributed by atoms with E-state index in [4.69, 9.17) is 0 Å². The van der Waals surface area contributed by atoms with Crippen LogP contribution in [0.2, 0.25) is 0 Å². The maximum atomic E-state index is 12.5. The molecule has 25 heavy (non-hydrogen) atoms. The monoisotopic (exact) mass is 336 g/mol. The van der Waals surface area contributed by atoms with Crippen LogP contribution in [-0.2, 0) is 11.3 Å². The largest absolute Gasteiger partial charge is 0.391 e. The Labute approximate surface area is 145 Å². The first kappa shape index (κ1) is 15.8. The Morgan fingerprint density at radius 2 is 1.68 bits per heavy atom. The minimum atomic E-state index is -0.551. The molecular formula is C19H20N4O2. The molecule has 1 aliphatic heterocycles. The number of hydrogen-bond acceptors (Lipinski definition) is 4. The van der Waals surface area contributed by atoms with E-state index < -0.39 is 6.10 Å². The number of carbonyl (C=O) groups is 1. The fourth-order valence-corrected chi connectivity index (χ4v) is 3.44. The van der Waals surface area contributed by atoms with E-state index in [1.807, 2.05) is 54.6 Å². The number of likely N-dealkylation sites (tertiary alicyclic amines) is 1. The lowest BCUT2D eigenvalue weighted by molar-refractivity contribution is -0.135. The molecule has 1 fully saturated rings. The molecule has 128 valence electrons. The van der Waals surface area contributed by atoms with E-state index in [1.54, 1.807) is 4.90 Å². The van der Waals surface area contributed by atoms with Crippen molar-refractivity contribution in [3.8, 4) is 0 Å². The van der Waals surface area contributed by atoms with Crippen LogP contribution in [0.1, 0.15) is 17.9 Å². The smallest absolute Gasteiger partial charge is 0.246 e. The summed E-state index contributed by atoms with van der Waals surface area (Å²) >= 11 is 0. The molecule has 0 unspecified atom stereocenters. The van der Waals surface area contributed by atoms with Crippen LogP contribution < -0.4 is 0 Å². The summed E-state index contributed by atoms with van der Waals surface area (Å²) in [5.41, 5.74) is 2.68. The van der Waals surface area contributed by atoms with Crippen molar-refractivity contribution in [1.29, 1.82) is 0 Å². The summed E-state index contributed by atoms with van der Waals surface area (Å²) in [5, 5.41) is 19.1. The van der Waals surface area contributed by atoms with Crippen LogP contribution in [0.4, 0.5) is 0 Å². The predicted octanol–water partition coefficient (Wildman–Crippen LogP) is 1.81. The van der Waals surface area contributed by atoms with Crippen LogP contribution in [0.15, 0.2) is 54.6 Å². The highest BCUT2D eigenvalue weighted by Crippen LogP contribution is 2.28. The molecule has 1 amide bonds. The van der Waals surface area contributed by atoms with Crippen molar-refractivity contribution in [3.05, 3.63) is 60.2 Å². The molecule has 1 aromatic heterocycles. The quantitative estimate of drug-likeness (QED) is 0.792. The Balaban J connectivity index is 1.42. The summed E-state index contributed by atoms with van der Waals surface area (Å²) in [6.07, 6.45) is 0.204. The van der Waals surface area contributed by atoms with Crippen molar-refractivity contribution < 1.29 is 9.90 Å². The van der Waals surface area contributed by atoms with Gasteiger partial charge in [0.2, 0.25) is 5.91 Å². The standard InChI is InChI=1S/C19H20N4O2/c24-18-12-22(11-10-15(18)14-6-2-1-3-7-14)19(25)13-23-20-16-8-4-5-9-17(16)21-23/h1-9,15,18,24H,10-13H2/t15-,18-/m1/s1. The molecule has 1 aliphatic rings. The highest BCUT2D eigenvalue weighted by atomic mass is 16.3. The number of aliphatic hydroxyl groups excluding tert-OH is 1. The van der Waals surface area contributed by atoms with Gasteiger partial charge in [-0.05, 0) is 24.1 Å². The van der Waals surface area contributed by atoms with E-state index in [0.29, 0.717) is 13.1 Å². The first-order valence-electron chi connectivity index (χ1n) is 8.51. The molecule has 0 bridgehead atoms. The van der Waals surface area contributed by atoms with Crippen molar-refractivity contribution in [2.75, 3.05) is 13.1 Å². The highest BCUT2D eigenvalue weighted by Gasteiger charge is 2.31. The number of aliphatic hydroxyl groups is 1. The third-order valence-electron chi connectivity index (χ3n) is 4.77. The molecule has 0 saturated carbocycles. The average molecular weight is 336 g/mol. The highest BCUT2D eigenvalue weighted by molar-refractivity contribution is 5.77. The average Bonchev–Trinajstić information content (AvgIpc) is 3.04. The molecular weight excluding hydrogens is 316 g/mol. The van der Waals surface area contributed by atoms with E-state index in [0.717, 1.165) is 23.0 Å². The van der Waals surface area contributed by atoms with Crippen molar-refractivity contribution in [2.45, 2.75) is 25.0 Å². The van der Waals surface area contributed by atoms with Crippen molar-refractivity contribution >= 4 is 16.9 Å². The number of carbonyl (C=O) groups excluding carboxylic acids is 1. The molecule has 4 rings (SSSR count). The summed E-state index contributed by atoms with van der Waals surface area (Å²) in [5.74, 6) is 0.0153. The Hall–Kier alpha value is -2.73. The van der Waals surface area contributed by atoms with Gasteiger partial charge in [-0.3, -0.25) is 4.79 Å². The molecule has 0 radical (unpaired) electrons. The van der Waals surface area contributed by atoms with Crippen molar-refractivity contribution in [3.63, 3.8) is 0 Å². The molecule has 0 spiro atoms. The van der Waals surface area contributed by atoms with Crippen molar-refractivity contribution in [1.82, 2.24) is 19.9 Å². The fraction of sp³-hybridized carbons (Fsp3) is 0.316. The molecule has 3 aromatic rings. The van der Waals surface area contributed by atoms with Gasteiger partial charge < -0.3 is 10.0 Å². The van der Waals surface area contributed by atoms with Crippen LogP contribution in [0.25, 0.3) is 11.0 Å². The summed E-state index contributed by atoms with van der Waals surface area (Å²) < 4.78 is 0. The number of piperidine rings is 1. The zero-order chi connectivity index (χ0) is 17.2. The van der Waals surface area contributed by atoms with Gasteiger partial charge in [0.15, 0.2) is 0 Å². The summed E-state index contributed by atoms with van der Waals surface area (Å²) in [4.78, 5) is 15.7. The third-order valence-corrected chi connectivity index (χ3v) is 4.77. The number of rotatable bonds is 3. The molecule has 0 aliphatic carbocycles. The van der Waals surface area contributed by atoms with E-state index in [-0.39, 0.29) is 18.4 Å². The van der Waals surface area contributed by atoms with Crippen LogP contribution in [-0.4, -0.2) is 50.1 Å². The van der Waals surface area contributed by atoms with Crippen LogP contribution in [0, 0.1) is 0 Å². The summed E-state index contributed by atoms with van der Waals surface area (Å²) in [6, 6.07) is 17.5. The molecule has 1 N–H and O–H groups in total. The Kier molecular flexibility index (Phi) is 4.19. The van der Waals surface area contributed by atoms with E-state index in [2.05, 4.69) is 10.2 Å². The molecule has 6 nitrogen and oxygen atoms in total. The first-order valence-corrected chi connectivity index (χ1v) is 8.51. The Morgan fingerprint density at radius 1 is 1.04 bits per heavy atom. The maximum Gasteiger partial charge on any atom is 0.246 e. The molecule has 6 heteroatoms. The summed E-state index contributed by atoms with van der Waals surface area (Å²) in [7, 11) is 0. The SMILES string of the molecule is O=C(Cn1nc2ccccc2n1)N1CC[C@H](c2ccccc2)[C@H](O)C1. The van der Waals surface area contributed by atoms with Gasteiger partial charge >= 0.3 is 0 Å². The van der Waals surface area contributed by atoms with E-state index in [1.165, 1.54) is 4.80 Å². The normalized spacial score (nSPS) is 20.8. The maximum absolute atomic E-state index is 12.5. The van der Waals surface area contributed by atoms with Gasteiger partial charge in [-0.2, -0.15) is 15.0 Å². The minimum absolute atomic E-state index is 0.0640. The lowest BCUT2D eigenvalue weighted by Crippen LogP contribution is -2.46. The van der Waals surface area contributed by atoms with Gasteiger partial charge in [-0.25, -0.2) is 0 Å². The second-order valence-electron chi connectivity index (χ2n) is 6.43. The lowest BCUT2D eigenvalue weighted by atomic mass is 9.87. The van der Waals surface area contributed by atoms with E-state index >= 15 is 0 Å². The summed E-state index contributed by atoms with van der Waals surface area (Å²) in [6.45, 7) is 1.08. The first-order chi connectivity index (χ1) is 12.2. The zero-order valence-corrected chi connectivity index (χ0v) is 13.8. The van der Waals surface area contributed by atoms with Gasteiger partial charge in [-0.1, -0.05) is 42.5 Å². The van der Waals surface area contributed by atoms with Gasteiger partial charge in [0.1, 0.15) is 17.6 Å². The molecule has 2 heterocycles. The number of aromatic nitrogens is 3. The number of hydrogen-bond donors (Lipinski definition) is 1. The number of fused-ring (bicyclic) bond motifs is 1.